The first-order valence-electron chi connectivity index (χ1n) is 7.43. The Morgan fingerprint density at radius 3 is 2.67 bits per heavy atom. The molecule has 0 spiro atoms. The van der Waals surface area contributed by atoms with Crippen LogP contribution in [0.3, 0.4) is 0 Å². The summed E-state index contributed by atoms with van der Waals surface area (Å²) in [7, 11) is 1.58. The van der Waals surface area contributed by atoms with Crippen LogP contribution in [0.1, 0.15) is 0 Å². The van der Waals surface area contributed by atoms with Gasteiger partial charge in [-0.25, -0.2) is 0 Å². The Kier molecular flexibility index (Phi) is 3.39. The van der Waals surface area contributed by atoms with Gasteiger partial charge in [0.15, 0.2) is 5.76 Å². The Labute approximate surface area is 137 Å². The maximum Gasteiger partial charge on any atom is 0.155 e. The average molecular weight is 318 g/mol. The van der Waals surface area contributed by atoms with Crippen molar-refractivity contribution in [3.05, 3.63) is 66.2 Å². The fourth-order valence-electron chi connectivity index (χ4n) is 2.70. The van der Waals surface area contributed by atoms with Crippen molar-refractivity contribution in [1.82, 2.24) is 4.98 Å². The molecule has 0 amide bonds. The minimum atomic E-state index is 0.403. The van der Waals surface area contributed by atoms with Crippen LogP contribution in [0, 0.1) is 0 Å². The number of aromatic nitrogens is 1. The molecule has 5 nitrogen and oxygen atoms in total. The highest BCUT2D eigenvalue weighted by molar-refractivity contribution is 5.85. The van der Waals surface area contributed by atoms with Crippen molar-refractivity contribution in [3.63, 3.8) is 0 Å². The predicted molar refractivity (Wildman–Crippen MR) is 90.9 cm³/mol. The first-order chi connectivity index (χ1) is 11.8. The minimum Gasteiger partial charge on any atom is -0.497 e. The van der Waals surface area contributed by atoms with Gasteiger partial charge in [0, 0.05) is 17.6 Å². The lowest BCUT2D eigenvalue weighted by molar-refractivity contribution is 0.302. The summed E-state index contributed by atoms with van der Waals surface area (Å²) in [5.41, 5.74) is 1.27. The summed E-state index contributed by atoms with van der Waals surface area (Å²) < 4.78 is 11.2. The van der Waals surface area contributed by atoms with Gasteiger partial charge in [-0.3, -0.25) is 4.98 Å². The lowest BCUT2D eigenvalue weighted by Crippen LogP contribution is -2.04. The molecule has 0 aliphatic carbocycles. The number of hydrogen-bond acceptors (Lipinski definition) is 5. The van der Waals surface area contributed by atoms with Crippen molar-refractivity contribution in [2.45, 2.75) is 0 Å². The lowest BCUT2D eigenvalue weighted by atomic mass is 10.1. The van der Waals surface area contributed by atoms with Crippen molar-refractivity contribution in [2.75, 3.05) is 7.11 Å². The van der Waals surface area contributed by atoms with E-state index in [1.165, 1.54) is 0 Å². The van der Waals surface area contributed by atoms with Crippen LogP contribution in [0.4, 0.5) is 0 Å². The molecule has 0 aliphatic heterocycles. The van der Waals surface area contributed by atoms with Crippen molar-refractivity contribution in [1.29, 1.82) is 0 Å². The van der Waals surface area contributed by atoms with Gasteiger partial charge in [0.2, 0.25) is 0 Å². The number of benzene rings is 2. The summed E-state index contributed by atoms with van der Waals surface area (Å²) in [4.78, 5) is 4.45. The van der Waals surface area contributed by atoms with Gasteiger partial charge >= 0.3 is 0 Å². The first-order valence-corrected chi connectivity index (χ1v) is 7.43. The van der Waals surface area contributed by atoms with E-state index in [0.29, 0.717) is 33.5 Å². The van der Waals surface area contributed by atoms with Crippen LogP contribution in [0.15, 0.2) is 70.4 Å². The number of ether oxygens (including phenoxy) is 1. The van der Waals surface area contributed by atoms with E-state index in [2.05, 4.69) is 10.1 Å². The van der Waals surface area contributed by atoms with Crippen molar-refractivity contribution < 1.29 is 14.4 Å². The molecule has 0 radical (unpaired) electrons. The van der Waals surface area contributed by atoms with Gasteiger partial charge in [-0.05, 0) is 29.7 Å². The zero-order chi connectivity index (χ0) is 16.5. The second kappa shape index (κ2) is 5.70. The Bertz CT molecular complexity index is 1120. The van der Waals surface area contributed by atoms with Gasteiger partial charge in [0.1, 0.15) is 22.4 Å². The van der Waals surface area contributed by atoms with Gasteiger partial charge in [0.25, 0.3) is 0 Å². The van der Waals surface area contributed by atoms with E-state index in [1.807, 2.05) is 30.3 Å². The zero-order valence-corrected chi connectivity index (χ0v) is 12.9. The molecule has 2 aromatic heterocycles. The summed E-state index contributed by atoms with van der Waals surface area (Å²) in [5, 5.41) is 15.9. The van der Waals surface area contributed by atoms with E-state index >= 15 is 0 Å². The van der Waals surface area contributed by atoms with E-state index in [0.717, 1.165) is 10.8 Å². The van der Waals surface area contributed by atoms with E-state index < -0.39 is 0 Å². The number of rotatable bonds is 2. The molecule has 118 valence electrons. The molecule has 24 heavy (non-hydrogen) atoms. The monoisotopic (exact) mass is 318 g/mol. The highest BCUT2D eigenvalue weighted by Gasteiger charge is 2.09. The average Bonchev–Trinajstić information content (AvgIpc) is 2.66. The summed E-state index contributed by atoms with van der Waals surface area (Å²) in [5.74, 6) is 1.20. The lowest BCUT2D eigenvalue weighted by Gasteiger charge is -2.06. The highest BCUT2D eigenvalue weighted by Crippen LogP contribution is 2.25. The smallest absolute Gasteiger partial charge is 0.155 e. The Balaban J connectivity index is 1.95. The fourth-order valence-corrected chi connectivity index (χ4v) is 2.70. The quantitative estimate of drug-likeness (QED) is 0.449. The normalized spacial score (nSPS) is 12.0. The first kappa shape index (κ1) is 14.3. The molecular weight excluding hydrogens is 304 g/mol. The van der Waals surface area contributed by atoms with Crippen LogP contribution in [-0.4, -0.2) is 17.3 Å². The third-order valence-corrected chi connectivity index (χ3v) is 3.94. The van der Waals surface area contributed by atoms with Crippen LogP contribution in [-0.2, 0) is 0 Å². The molecule has 2 aromatic carbocycles. The molecule has 4 rings (SSSR count). The molecule has 1 N–H and O–H groups in total. The topological polar surface area (TPSA) is 67.9 Å². The van der Waals surface area contributed by atoms with Crippen LogP contribution in [0.25, 0.3) is 33.2 Å². The molecule has 0 saturated heterocycles. The van der Waals surface area contributed by atoms with Crippen LogP contribution in [0.2, 0.25) is 0 Å². The largest absolute Gasteiger partial charge is 0.497 e. The molecule has 0 atom stereocenters. The summed E-state index contributed by atoms with van der Waals surface area (Å²) in [6.07, 6.45) is 1.80. The number of methoxy groups -OCH3 is 1. The molecule has 0 bridgehead atoms. The fraction of sp³-hybridized carbons (Fsp3) is 0.0526. The van der Waals surface area contributed by atoms with Gasteiger partial charge < -0.3 is 14.4 Å². The van der Waals surface area contributed by atoms with Gasteiger partial charge in [-0.2, -0.15) is 0 Å². The number of fused-ring (bicyclic) bond motifs is 2. The predicted octanol–water partition coefficient (Wildman–Crippen LogP) is 3.95. The van der Waals surface area contributed by atoms with Gasteiger partial charge in [0.05, 0.1) is 12.5 Å². The highest BCUT2D eigenvalue weighted by atomic mass is 16.5. The number of hydrogen-bond donors (Lipinski definition) is 1. The van der Waals surface area contributed by atoms with Crippen molar-refractivity contribution in [3.8, 4) is 17.2 Å². The maximum atomic E-state index is 9.36. The molecular formula is C19H14N2O3. The SMILES string of the molecule is COc1ccc2oc(-c3cc4ccccc4cn3)c/c(=N/O)c2c1. The Morgan fingerprint density at radius 1 is 1.04 bits per heavy atom. The molecule has 0 aliphatic rings. The standard InChI is InChI=1S/C19H14N2O3/c1-23-14-6-7-18-15(9-14)16(21-22)10-19(24-18)17-8-12-4-2-3-5-13(12)11-20-17/h2-11,22H,1H3/b21-16-. The van der Waals surface area contributed by atoms with E-state index in [1.54, 1.807) is 37.6 Å². The Hall–Kier alpha value is -3.34. The third-order valence-electron chi connectivity index (χ3n) is 3.94. The second-order valence-electron chi connectivity index (χ2n) is 5.37. The van der Waals surface area contributed by atoms with Crippen molar-refractivity contribution >= 4 is 21.7 Å². The van der Waals surface area contributed by atoms with Crippen LogP contribution >= 0.6 is 0 Å². The van der Waals surface area contributed by atoms with E-state index in [-0.39, 0.29) is 0 Å². The maximum absolute atomic E-state index is 9.36. The van der Waals surface area contributed by atoms with Crippen molar-refractivity contribution in [2.24, 2.45) is 5.16 Å². The molecule has 0 saturated carbocycles. The molecule has 0 fully saturated rings. The molecule has 5 heteroatoms. The van der Waals surface area contributed by atoms with E-state index in [4.69, 9.17) is 9.15 Å². The van der Waals surface area contributed by atoms with Gasteiger partial charge in [-0.1, -0.05) is 29.4 Å². The summed E-state index contributed by atoms with van der Waals surface area (Å²) >= 11 is 0. The number of pyridine rings is 1. The molecule has 4 aromatic rings. The minimum absolute atomic E-state index is 0.403. The summed E-state index contributed by atoms with van der Waals surface area (Å²) in [6.45, 7) is 0. The Morgan fingerprint density at radius 2 is 1.88 bits per heavy atom. The van der Waals surface area contributed by atoms with Crippen LogP contribution in [0.5, 0.6) is 5.75 Å². The second-order valence-corrected chi connectivity index (χ2v) is 5.37. The van der Waals surface area contributed by atoms with Gasteiger partial charge in [-0.15, -0.1) is 0 Å². The third kappa shape index (κ3) is 2.36. The molecule has 0 unspecified atom stereocenters. The van der Waals surface area contributed by atoms with Crippen LogP contribution < -0.4 is 10.1 Å². The summed E-state index contributed by atoms with van der Waals surface area (Å²) in [6, 6.07) is 16.9. The van der Waals surface area contributed by atoms with E-state index in [9.17, 15) is 5.21 Å². The zero-order valence-electron chi connectivity index (χ0n) is 12.9. The molecule has 2 heterocycles. The number of nitrogens with zero attached hydrogens (tertiary/aromatic N) is 2.